The number of aryl methyl sites for hydroxylation is 1. The second kappa shape index (κ2) is 6.45. The molecule has 0 spiro atoms. The number of nitrogens with zero attached hydrogens (tertiary/aromatic N) is 2. The van der Waals surface area contributed by atoms with Crippen LogP contribution in [0.5, 0.6) is 0 Å². The van der Waals surface area contributed by atoms with Gasteiger partial charge in [-0.1, -0.05) is 6.92 Å². The molecule has 0 saturated heterocycles. The summed E-state index contributed by atoms with van der Waals surface area (Å²) in [5.41, 5.74) is 7.41. The number of hydrogen-bond donors (Lipinski definition) is 1. The lowest BCUT2D eigenvalue weighted by molar-refractivity contribution is 0.203. The Kier molecular flexibility index (Phi) is 5.22. The van der Waals surface area contributed by atoms with Crippen LogP contribution in [0.3, 0.4) is 0 Å². The van der Waals surface area contributed by atoms with E-state index in [1.54, 1.807) is 7.11 Å². The van der Waals surface area contributed by atoms with Gasteiger partial charge in [-0.25, -0.2) is 4.98 Å². The van der Waals surface area contributed by atoms with Gasteiger partial charge in [-0.2, -0.15) is 0 Å². The minimum Gasteiger partial charge on any atom is -0.397 e. The van der Waals surface area contributed by atoms with Gasteiger partial charge in [-0.05, 0) is 32.4 Å². The van der Waals surface area contributed by atoms with E-state index < -0.39 is 0 Å². The molecule has 0 aliphatic rings. The third kappa shape index (κ3) is 3.60. The quantitative estimate of drug-likeness (QED) is 0.824. The highest BCUT2D eigenvalue weighted by Crippen LogP contribution is 2.19. The summed E-state index contributed by atoms with van der Waals surface area (Å²) in [4.78, 5) is 6.80. The van der Waals surface area contributed by atoms with Gasteiger partial charge in [0.1, 0.15) is 5.82 Å². The number of methoxy groups -OCH3 is 1. The van der Waals surface area contributed by atoms with Gasteiger partial charge in [0.25, 0.3) is 0 Å². The van der Waals surface area contributed by atoms with Crippen molar-refractivity contribution in [3.05, 3.63) is 17.8 Å². The van der Waals surface area contributed by atoms with Crippen molar-refractivity contribution in [2.24, 2.45) is 0 Å². The first-order valence-corrected chi connectivity index (χ1v) is 6.08. The van der Waals surface area contributed by atoms with Gasteiger partial charge in [0.05, 0.1) is 18.0 Å². The molecule has 0 fully saturated rings. The fourth-order valence-corrected chi connectivity index (χ4v) is 1.69. The molecule has 1 unspecified atom stereocenters. The lowest BCUT2D eigenvalue weighted by atomic mass is 10.2. The third-order valence-corrected chi connectivity index (χ3v) is 3.07. The second-order valence-corrected chi connectivity index (χ2v) is 4.29. The van der Waals surface area contributed by atoms with Crippen molar-refractivity contribution in [3.8, 4) is 0 Å². The molecule has 96 valence electrons. The summed E-state index contributed by atoms with van der Waals surface area (Å²) in [5, 5.41) is 0. The molecule has 0 aliphatic heterocycles. The molecular formula is C13H23N3O. The highest BCUT2D eigenvalue weighted by atomic mass is 16.5. The number of nitrogens with two attached hydrogens (primary N) is 1. The number of ether oxygens (including phenoxy) is 1. The van der Waals surface area contributed by atoms with Crippen LogP contribution in [0.2, 0.25) is 0 Å². The van der Waals surface area contributed by atoms with Gasteiger partial charge < -0.3 is 15.4 Å². The number of rotatable bonds is 6. The molecule has 4 nitrogen and oxygen atoms in total. The van der Waals surface area contributed by atoms with E-state index in [0.717, 1.165) is 30.2 Å². The summed E-state index contributed by atoms with van der Waals surface area (Å²) in [7, 11) is 1.72. The molecule has 1 heterocycles. The molecule has 4 heteroatoms. The number of nitrogen functional groups attached to an aromatic ring is 1. The van der Waals surface area contributed by atoms with Crippen LogP contribution in [0.4, 0.5) is 11.5 Å². The number of pyridine rings is 1. The van der Waals surface area contributed by atoms with E-state index in [1.165, 1.54) is 0 Å². The first-order valence-electron chi connectivity index (χ1n) is 6.08. The molecule has 2 N–H and O–H groups in total. The summed E-state index contributed by atoms with van der Waals surface area (Å²) < 4.78 is 5.15. The van der Waals surface area contributed by atoms with Crippen LogP contribution in [0.15, 0.2) is 12.1 Å². The third-order valence-electron chi connectivity index (χ3n) is 3.07. The Hall–Kier alpha value is -1.29. The maximum absolute atomic E-state index is 5.79. The van der Waals surface area contributed by atoms with Gasteiger partial charge in [0.2, 0.25) is 0 Å². The van der Waals surface area contributed by atoms with E-state index in [1.807, 2.05) is 19.1 Å². The topological polar surface area (TPSA) is 51.4 Å². The normalized spacial score (nSPS) is 12.5. The fraction of sp³-hybridized carbons (Fsp3) is 0.615. The zero-order chi connectivity index (χ0) is 12.8. The fourth-order valence-electron chi connectivity index (χ4n) is 1.69. The highest BCUT2D eigenvalue weighted by molar-refractivity contribution is 5.50. The van der Waals surface area contributed by atoms with Gasteiger partial charge >= 0.3 is 0 Å². The average molecular weight is 237 g/mol. The van der Waals surface area contributed by atoms with Crippen molar-refractivity contribution < 1.29 is 4.74 Å². The Bertz CT molecular complexity index is 355. The van der Waals surface area contributed by atoms with Crippen molar-refractivity contribution >= 4 is 11.5 Å². The van der Waals surface area contributed by atoms with E-state index in [-0.39, 0.29) is 0 Å². The molecule has 1 atom stereocenters. The number of aromatic nitrogens is 1. The van der Waals surface area contributed by atoms with Crippen LogP contribution in [0.25, 0.3) is 0 Å². The predicted molar refractivity (Wildman–Crippen MR) is 72.4 cm³/mol. The van der Waals surface area contributed by atoms with E-state index >= 15 is 0 Å². The van der Waals surface area contributed by atoms with Crippen LogP contribution in [-0.4, -0.2) is 31.3 Å². The van der Waals surface area contributed by atoms with Gasteiger partial charge in [0, 0.05) is 19.7 Å². The molecule has 17 heavy (non-hydrogen) atoms. The van der Waals surface area contributed by atoms with E-state index in [4.69, 9.17) is 10.5 Å². The number of anilines is 2. The van der Waals surface area contributed by atoms with Crippen molar-refractivity contribution in [1.29, 1.82) is 0 Å². The summed E-state index contributed by atoms with van der Waals surface area (Å²) in [6.45, 7) is 7.86. The molecule has 1 rings (SSSR count). The monoisotopic (exact) mass is 237 g/mol. The van der Waals surface area contributed by atoms with Gasteiger partial charge in [0.15, 0.2) is 0 Å². The van der Waals surface area contributed by atoms with Crippen molar-refractivity contribution in [3.63, 3.8) is 0 Å². The zero-order valence-electron chi connectivity index (χ0n) is 11.2. The van der Waals surface area contributed by atoms with Crippen LogP contribution >= 0.6 is 0 Å². The maximum atomic E-state index is 5.79. The molecule has 0 aromatic carbocycles. The van der Waals surface area contributed by atoms with Crippen molar-refractivity contribution in [2.45, 2.75) is 33.2 Å². The average Bonchev–Trinajstić information content (AvgIpc) is 2.33. The Balaban J connectivity index is 2.91. The molecule has 0 amide bonds. The summed E-state index contributed by atoms with van der Waals surface area (Å²) >= 11 is 0. The maximum Gasteiger partial charge on any atom is 0.129 e. The highest BCUT2D eigenvalue weighted by Gasteiger charge is 2.14. The summed E-state index contributed by atoms with van der Waals surface area (Å²) in [5.74, 6) is 0.975. The van der Waals surface area contributed by atoms with E-state index in [0.29, 0.717) is 12.6 Å². The molecule has 1 aromatic heterocycles. The molecule has 1 aromatic rings. The summed E-state index contributed by atoms with van der Waals surface area (Å²) in [6, 6.07) is 4.34. The van der Waals surface area contributed by atoms with Crippen LogP contribution in [0.1, 0.15) is 26.0 Å². The first-order chi connectivity index (χ1) is 8.10. The lowest BCUT2D eigenvalue weighted by Crippen LogP contribution is -2.36. The first kappa shape index (κ1) is 13.8. The Morgan fingerprint density at radius 1 is 1.47 bits per heavy atom. The Morgan fingerprint density at radius 2 is 2.18 bits per heavy atom. The Labute approximate surface area is 104 Å². The SMILES string of the molecule is CCC(C)N(CCOC)c1ccc(N)c(C)n1. The van der Waals surface area contributed by atoms with Gasteiger partial charge in [-0.3, -0.25) is 0 Å². The number of hydrogen-bond acceptors (Lipinski definition) is 4. The van der Waals surface area contributed by atoms with Crippen LogP contribution < -0.4 is 10.6 Å². The van der Waals surface area contributed by atoms with E-state index in [2.05, 4.69) is 23.7 Å². The summed E-state index contributed by atoms with van der Waals surface area (Å²) in [6.07, 6.45) is 1.08. The zero-order valence-corrected chi connectivity index (χ0v) is 11.2. The molecule has 0 bridgehead atoms. The van der Waals surface area contributed by atoms with Gasteiger partial charge in [-0.15, -0.1) is 0 Å². The molecular weight excluding hydrogens is 214 g/mol. The minimum absolute atomic E-state index is 0.445. The second-order valence-electron chi connectivity index (χ2n) is 4.29. The smallest absolute Gasteiger partial charge is 0.129 e. The molecule has 0 radical (unpaired) electrons. The largest absolute Gasteiger partial charge is 0.397 e. The minimum atomic E-state index is 0.445. The van der Waals surface area contributed by atoms with Crippen molar-refractivity contribution in [2.75, 3.05) is 30.9 Å². The lowest BCUT2D eigenvalue weighted by Gasteiger charge is -2.29. The Morgan fingerprint density at radius 3 is 2.71 bits per heavy atom. The van der Waals surface area contributed by atoms with E-state index in [9.17, 15) is 0 Å². The predicted octanol–water partition coefficient (Wildman–Crippen LogP) is 2.22. The molecule has 0 aliphatic carbocycles. The van der Waals surface area contributed by atoms with Crippen LogP contribution in [0, 0.1) is 6.92 Å². The van der Waals surface area contributed by atoms with Crippen molar-refractivity contribution in [1.82, 2.24) is 4.98 Å². The molecule has 0 saturated carbocycles. The van der Waals surface area contributed by atoms with Crippen LogP contribution in [-0.2, 0) is 4.74 Å². The standard InChI is InChI=1S/C13H23N3O/c1-5-10(2)16(8-9-17-4)13-7-6-12(14)11(3)15-13/h6-7,10H,5,8-9,14H2,1-4H3.